The third-order valence-corrected chi connectivity index (χ3v) is 7.79. The molecule has 2 saturated heterocycles. The van der Waals surface area contributed by atoms with Crippen molar-refractivity contribution in [3.8, 4) is 0 Å². The first kappa shape index (κ1) is 27.0. The van der Waals surface area contributed by atoms with Crippen LogP contribution in [0.1, 0.15) is 72.3 Å². The van der Waals surface area contributed by atoms with Crippen molar-refractivity contribution in [3.05, 3.63) is 34.3 Å². The van der Waals surface area contributed by atoms with Gasteiger partial charge in [0.15, 0.2) is 0 Å². The third kappa shape index (κ3) is 6.97. The molecule has 0 aromatic heterocycles. The smallest absolute Gasteiger partial charge is 0.410 e. The van der Waals surface area contributed by atoms with Gasteiger partial charge in [0.1, 0.15) is 5.60 Å². The molecule has 6 nitrogen and oxygen atoms in total. The zero-order valence-electron chi connectivity index (χ0n) is 21.6. The van der Waals surface area contributed by atoms with E-state index in [4.69, 9.17) is 4.74 Å². The fourth-order valence-electron chi connectivity index (χ4n) is 5.15. The molecule has 0 radical (unpaired) electrons. The lowest BCUT2D eigenvalue weighted by molar-refractivity contribution is -0.144. The van der Waals surface area contributed by atoms with Gasteiger partial charge < -0.3 is 14.5 Å². The second-order valence-electron chi connectivity index (χ2n) is 10.8. The maximum absolute atomic E-state index is 13.7. The van der Waals surface area contributed by atoms with E-state index >= 15 is 0 Å². The predicted molar refractivity (Wildman–Crippen MR) is 140 cm³/mol. The zero-order chi connectivity index (χ0) is 24.9. The van der Waals surface area contributed by atoms with Crippen molar-refractivity contribution in [2.45, 2.75) is 91.0 Å². The van der Waals surface area contributed by atoms with Crippen LogP contribution in [0.4, 0.5) is 4.79 Å². The first-order chi connectivity index (χ1) is 16.1. The summed E-state index contributed by atoms with van der Waals surface area (Å²) in [6.45, 7) is 13.8. The molecule has 2 heterocycles. The summed E-state index contributed by atoms with van der Waals surface area (Å²) in [6.07, 6.45) is 4.29. The van der Waals surface area contributed by atoms with Crippen LogP contribution in [0.5, 0.6) is 0 Å². The van der Waals surface area contributed by atoms with Crippen molar-refractivity contribution in [2.24, 2.45) is 5.92 Å². The summed E-state index contributed by atoms with van der Waals surface area (Å²) >= 11 is 3.70. The predicted octanol–water partition coefficient (Wildman–Crippen LogP) is 5.69. The Morgan fingerprint density at radius 1 is 1.06 bits per heavy atom. The highest BCUT2D eigenvalue weighted by atomic mass is 79.9. The maximum atomic E-state index is 13.7. The number of likely N-dealkylation sites (tertiary alicyclic amines) is 1. The second-order valence-corrected chi connectivity index (χ2v) is 11.6. The monoisotopic (exact) mass is 535 g/mol. The summed E-state index contributed by atoms with van der Waals surface area (Å²) in [7, 11) is 0. The number of ether oxygens (including phenoxy) is 1. The number of piperazine rings is 1. The number of carbonyl (C=O) groups excluding carboxylic acids is 2. The van der Waals surface area contributed by atoms with Crippen molar-refractivity contribution >= 4 is 27.9 Å². The molecule has 34 heavy (non-hydrogen) atoms. The lowest BCUT2D eigenvalue weighted by Gasteiger charge is -2.48. The van der Waals surface area contributed by atoms with Gasteiger partial charge in [-0.15, -0.1) is 0 Å². The van der Waals surface area contributed by atoms with Gasteiger partial charge >= 0.3 is 6.09 Å². The quantitative estimate of drug-likeness (QED) is 0.469. The Bertz CT molecular complexity index is 833. The van der Waals surface area contributed by atoms with E-state index in [0.717, 1.165) is 43.4 Å². The van der Waals surface area contributed by atoms with Gasteiger partial charge in [-0.05, 0) is 58.1 Å². The van der Waals surface area contributed by atoms with Gasteiger partial charge in [-0.25, -0.2) is 4.79 Å². The topological polar surface area (TPSA) is 53.1 Å². The van der Waals surface area contributed by atoms with Gasteiger partial charge in [-0.2, -0.15) is 0 Å². The molecule has 1 aromatic rings. The third-order valence-electron chi connectivity index (χ3n) is 7.01. The minimum atomic E-state index is -0.499. The number of rotatable bonds is 6. The number of hydrogen-bond acceptors (Lipinski definition) is 4. The van der Waals surface area contributed by atoms with Crippen LogP contribution in [0, 0.1) is 5.92 Å². The Kier molecular flexibility index (Phi) is 9.44. The Labute approximate surface area is 214 Å². The molecule has 1 aromatic carbocycles. The van der Waals surface area contributed by atoms with Crippen molar-refractivity contribution in [1.29, 1.82) is 0 Å². The van der Waals surface area contributed by atoms with Gasteiger partial charge in [0.25, 0.3) is 0 Å². The average molecular weight is 537 g/mol. The zero-order valence-corrected chi connectivity index (χ0v) is 23.1. The number of halogens is 1. The van der Waals surface area contributed by atoms with Crippen LogP contribution in [0.15, 0.2) is 28.7 Å². The van der Waals surface area contributed by atoms with E-state index in [9.17, 15) is 9.59 Å². The molecule has 3 rings (SSSR count). The number of carbonyl (C=O) groups is 2. The van der Waals surface area contributed by atoms with Crippen molar-refractivity contribution in [2.75, 3.05) is 26.2 Å². The minimum Gasteiger partial charge on any atom is -0.444 e. The van der Waals surface area contributed by atoms with Crippen LogP contribution < -0.4 is 0 Å². The van der Waals surface area contributed by atoms with E-state index < -0.39 is 5.60 Å². The van der Waals surface area contributed by atoms with E-state index in [1.807, 2.05) is 20.8 Å². The van der Waals surface area contributed by atoms with E-state index in [1.165, 1.54) is 5.56 Å². The highest BCUT2D eigenvalue weighted by Crippen LogP contribution is 2.29. The fraction of sp³-hybridized carbons (Fsp3) is 0.704. The van der Waals surface area contributed by atoms with Gasteiger partial charge in [-0.1, -0.05) is 54.4 Å². The number of nitrogens with zero attached hydrogens (tertiary/aromatic N) is 3. The molecule has 2 atom stereocenters. The molecule has 0 spiro atoms. The van der Waals surface area contributed by atoms with E-state index in [-0.39, 0.29) is 24.0 Å². The molecular formula is C27H42BrN3O3. The summed E-state index contributed by atoms with van der Waals surface area (Å²) in [6, 6.07) is 9.03. The highest BCUT2D eigenvalue weighted by molar-refractivity contribution is 9.10. The van der Waals surface area contributed by atoms with Crippen LogP contribution in [0.3, 0.4) is 0 Å². The maximum Gasteiger partial charge on any atom is 0.410 e. The summed E-state index contributed by atoms with van der Waals surface area (Å²) in [4.78, 5) is 32.6. The van der Waals surface area contributed by atoms with Crippen molar-refractivity contribution in [3.63, 3.8) is 0 Å². The van der Waals surface area contributed by atoms with Gasteiger partial charge in [0, 0.05) is 55.2 Å². The average Bonchev–Trinajstić information content (AvgIpc) is 2.80. The molecule has 0 aliphatic carbocycles. The molecule has 190 valence electrons. The summed E-state index contributed by atoms with van der Waals surface area (Å²) < 4.78 is 6.66. The van der Waals surface area contributed by atoms with Crippen LogP contribution in [0.25, 0.3) is 0 Å². The van der Waals surface area contributed by atoms with Gasteiger partial charge in [0.2, 0.25) is 5.91 Å². The first-order valence-corrected chi connectivity index (χ1v) is 13.7. The summed E-state index contributed by atoms with van der Waals surface area (Å²) in [5, 5.41) is 0. The van der Waals surface area contributed by atoms with Crippen molar-refractivity contribution < 1.29 is 14.3 Å². The molecule has 7 heteroatoms. The van der Waals surface area contributed by atoms with Gasteiger partial charge in [-0.3, -0.25) is 9.69 Å². The first-order valence-electron chi connectivity index (χ1n) is 12.9. The van der Waals surface area contributed by atoms with Crippen LogP contribution in [-0.4, -0.2) is 70.6 Å². The Morgan fingerprint density at radius 3 is 2.32 bits per heavy atom. The Hall–Kier alpha value is -1.60. The fourth-order valence-corrected chi connectivity index (χ4v) is 5.56. The standard InChI is InChI=1S/C27H42BrN3O3/c1-6-10-23-19-31(22(7-2)18-30(23)17-21-11-8-9-12-24(21)28)25(32)20-13-15-29(16-14-20)26(33)34-27(3,4)5/h8-9,11-12,20,22-23H,6-7,10,13-19H2,1-5H3. The molecular weight excluding hydrogens is 494 g/mol. The SMILES string of the molecule is CCCC1CN(C(=O)C2CCN(C(=O)OC(C)(C)C)CC2)C(CC)CN1Cc1ccccc1Br. The summed E-state index contributed by atoms with van der Waals surface area (Å²) in [5.41, 5.74) is 0.800. The second kappa shape index (κ2) is 11.9. The molecule has 2 aliphatic rings. The van der Waals surface area contributed by atoms with E-state index in [0.29, 0.717) is 32.0 Å². The molecule has 0 N–H and O–H groups in total. The number of hydrogen-bond donors (Lipinski definition) is 0. The van der Waals surface area contributed by atoms with E-state index in [2.05, 4.69) is 63.8 Å². The Morgan fingerprint density at radius 2 is 1.74 bits per heavy atom. The lowest BCUT2D eigenvalue weighted by atomic mass is 9.92. The number of benzene rings is 1. The lowest BCUT2D eigenvalue weighted by Crippen LogP contribution is -2.60. The van der Waals surface area contributed by atoms with Gasteiger partial charge in [0.05, 0.1) is 0 Å². The van der Waals surface area contributed by atoms with Crippen LogP contribution in [0.2, 0.25) is 0 Å². The van der Waals surface area contributed by atoms with Crippen LogP contribution >= 0.6 is 15.9 Å². The van der Waals surface area contributed by atoms with E-state index in [1.54, 1.807) is 4.90 Å². The minimum absolute atomic E-state index is 0.00942. The molecule has 2 aliphatic heterocycles. The van der Waals surface area contributed by atoms with Crippen LogP contribution in [-0.2, 0) is 16.1 Å². The number of amides is 2. The molecule has 2 unspecified atom stereocenters. The summed E-state index contributed by atoms with van der Waals surface area (Å²) in [5.74, 6) is 0.266. The molecule has 0 bridgehead atoms. The molecule has 2 amide bonds. The number of piperidine rings is 1. The molecule has 2 fully saturated rings. The highest BCUT2D eigenvalue weighted by Gasteiger charge is 2.39. The van der Waals surface area contributed by atoms with Crippen molar-refractivity contribution in [1.82, 2.24) is 14.7 Å². The largest absolute Gasteiger partial charge is 0.444 e. The molecule has 0 saturated carbocycles. The normalized spacial score (nSPS) is 22.6. The Balaban J connectivity index is 1.64.